The lowest BCUT2D eigenvalue weighted by Gasteiger charge is -2.42. The number of piperidine rings is 1. The van der Waals surface area contributed by atoms with Crippen LogP contribution in [0.3, 0.4) is 0 Å². The van der Waals surface area contributed by atoms with E-state index in [0.29, 0.717) is 30.3 Å². The summed E-state index contributed by atoms with van der Waals surface area (Å²) in [5, 5.41) is 0. The zero-order chi connectivity index (χ0) is 29.0. The summed E-state index contributed by atoms with van der Waals surface area (Å²) in [6.45, 7) is 11.9. The van der Waals surface area contributed by atoms with Crippen molar-refractivity contribution in [1.82, 2.24) is 14.1 Å². The summed E-state index contributed by atoms with van der Waals surface area (Å²) < 4.78 is 51.3. The van der Waals surface area contributed by atoms with Crippen LogP contribution >= 0.6 is 0 Å². The van der Waals surface area contributed by atoms with E-state index in [1.165, 1.54) is 48.9 Å². The predicted octanol–water partition coefficient (Wildman–Crippen LogP) is 6.56. The lowest BCUT2D eigenvalue weighted by atomic mass is 9.93. The summed E-state index contributed by atoms with van der Waals surface area (Å²) in [7, 11) is -3.91. The van der Waals surface area contributed by atoms with Crippen molar-refractivity contribution >= 4 is 10.0 Å². The van der Waals surface area contributed by atoms with Gasteiger partial charge in [0.15, 0.2) is 5.88 Å². The number of halogens is 1. The zero-order valence-corrected chi connectivity index (χ0v) is 25.5. The zero-order valence-electron chi connectivity index (χ0n) is 24.7. The highest BCUT2D eigenvalue weighted by Crippen LogP contribution is 2.40. The van der Waals surface area contributed by atoms with Crippen molar-refractivity contribution in [3.8, 4) is 0 Å². The molecule has 2 saturated heterocycles. The highest BCUT2D eigenvalue weighted by Gasteiger charge is 2.42. The Kier molecular flexibility index (Phi) is 9.72. The van der Waals surface area contributed by atoms with Gasteiger partial charge in [-0.15, -0.1) is 0 Å². The highest BCUT2D eigenvalue weighted by atomic mass is 32.2. The van der Waals surface area contributed by atoms with Crippen LogP contribution in [-0.2, 0) is 14.8 Å². The van der Waals surface area contributed by atoms with Gasteiger partial charge in [0.25, 0.3) is 0 Å². The minimum atomic E-state index is -3.91. The number of benzene rings is 2. The van der Waals surface area contributed by atoms with E-state index in [1.54, 1.807) is 30.3 Å². The molecule has 0 N–H and O–H groups in total. The fourth-order valence-electron chi connectivity index (χ4n) is 6.85. The number of nitrogens with zero attached hydrogens (tertiary/aromatic N) is 3. The molecule has 2 aromatic rings. The Morgan fingerprint density at radius 2 is 1.54 bits per heavy atom. The molecule has 2 atom stereocenters. The van der Waals surface area contributed by atoms with Crippen LogP contribution in [0.5, 0.6) is 0 Å². The van der Waals surface area contributed by atoms with E-state index in [9.17, 15) is 8.42 Å². The first-order chi connectivity index (χ1) is 19.7. The van der Waals surface area contributed by atoms with Crippen LogP contribution < -0.4 is 0 Å². The molecule has 5 rings (SSSR count). The molecule has 8 heteroatoms. The maximum Gasteiger partial charge on any atom is 0.244 e. The summed E-state index contributed by atoms with van der Waals surface area (Å²) >= 11 is 0. The molecule has 41 heavy (non-hydrogen) atoms. The third-order valence-electron chi connectivity index (χ3n) is 9.24. The van der Waals surface area contributed by atoms with Gasteiger partial charge in [-0.2, -0.15) is 4.31 Å². The second-order valence-corrected chi connectivity index (χ2v) is 14.0. The quantitative estimate of drug-likeness (QED) is 0.260. The smallest absolute Gasteiger partial charge is 0.244 e. The Labute approximate surface area is 246 Å². The van der Waals surface area contributed by atoms with Gasteiger partial charge in [-0.1, -0.05) is 55.5 Å². The maximum absolute atomic E-state index is 15.2. The minimum Gasteiger partial charge on any atom is -0.478 e. The van der Waals surface area contributed by atoms with E-state index in [4.69, 9.17) is 4.74 Å². The molecule has 1 saturated carbocycles. The average Bonchev–Trinajstić information content (AvgIpc) is 3.26. The van der Waals surface area contributed by atoms with Crippen LogP contribution in [0, 0.1) is 19.7 Å². The van der Waals surface area contributed by atoms with Gasteiger partial charge in [-0.05, 0) is 76.3 Å². The van der Waals surface area contributed by atoms with E-state index < -0.39 is 22.1 Å². The molecule has 0 bridgehead atoms. The number of ether oxygens (including phenoxy) is 1. The number of sulfonamides is 1. The van der Waals surface area contributed by atoms with Crippen molar-refractivity contribution in [3.05, 3.63) is 77.4 Å². The van der Waals surface area contributed by atoms with Crippen molar-refractivity contribution in [2.75, 3.05) is 32.8 Å². The Balaban J connectivity index is 1.30. The molecule has 0 spiro atoms. The molecule has 0 unspecified atom stereocenters. The molecule has 0 radical (unpaired) electrons. The Bertz CT molecular complexity index is 1280. The molecule has 0 amide bonds. The van der Waals surface area contributed by atoms with Gasteiger partial charge in [0.2, 0.25) is 10.0 Å². The molecular formula is C33H46FN3O3S. The van der Waals surface area contributed by atoms with E-state index in [1.807, 2.05) is 19.9 Å². The van der Waals surface area contributed by atoms with Crippen LogP contribution in [-0.4, -0.2) is 67.4 Å². The van der Waals surface area contributed by atoms with Crippen LogP contribution in [0.1, 0.15) is 80.5 Å². The molecule has 0 aromatic heterocycles. The van der Waals surface area contributed by atoms with Gasteiger partial charge in [0, 0.05) is 37.8 Å². The molecule has 224 valence electrons. The van der Waals surface area contributed by atoms with E-state index in [-0.39, 0.29) is 17.3 Å². The maximum atomic E-state index is 15.2. The standard InChI is InChI=1S/C33H46FN3O3S/c1-25-13-16-30(17-14-25)41(38,39)37-29(11-8-12-33(37)31-18-15-26(2)23-32(31)34)24-40-27(3)35-19-21-36(22-20-35)28-9-6-4-5-7-10-28/h13-18,23,28-29,33H,3-12,19-22,24H2,1-2H3/t29-,33+/m1/s1. The summed E-state index contributed by atoms with van der Waals surface area (Å²) in [5.74, 6) is 0.235. The number of piperazine rings is 1. The van der Waals surface area contributed by atoms with Crippen molar-refractivity contribution < 1.29 is 17.5 Å². The number of rotatable bonds is 8. The van der Waals surface area contributed by atoms with Crippen molar-refractivity contribution in [1.29, 1.82) is 0 Å². The van der Waals surface area contributed by atoms with Crippen LogP contribution in [0.15, 0.2) is 59.8 Å². The van der Waals surface area contributed by atoms with Gasteiger partial charge in [0.1, 0.15) is 12.4 Å². The van der Waals surface area contributed by atoms with Gasteiger partial charge in [-0.25, -0.2) is 12.8 Å². The minimum absolute atomic E-state index is 0.191. The van der Waals surface area contributed by atoms with Gasteiger partial charge in [0.05, 0.1) is 17.0 Å². The predicted molar refractivity (Wildman–Crippen MR) is 161 cm³/mol. The monoisotopic (exact) mass is 583 g/mol. The first kappa shape index (κ1) is 30.1. The molecule has 2 aliphatic heterocycles. The second-order valence-electron chi connectivity index (χ2n) is 12.1. The second kappa shape index (κ2) is 13.3. The topological polar surface area (TPSA) is 53.1 Å². The SMILES string of the molecule is C=C(OC[C@H]1CCC[C@@H](c2ccc(C)cc2F)N1S(=O)(=O)c1ccc(C)cc1)N1CCN(C2CCCCCC2)CC1. The van der Waals surface area contributed by atoms with E-state index >= 15 is 4.39 Å². The average molecular weight is 584 g/mol. The Morgan fingerprint density at radius 1 is 0.878 bits per heavy atom. The Morgan fingerprint density at radius 3 is 2.20 bits per heavy atom. The van der Waals surface area contributed by atoms with Crippen molar-refractivity contribution in [2.24, 2.45) is 0 Å². The largest absolute Gasteiger partial charge is 0.478 e. The van der Waals surface area contributed by atoms with Crippen LogP contribution in [0.2, 0.25) is 0 Å². The summed E-state index contributed by atoms with van der Waals surface area (Å²) in [4.78, 5) is 5.04. The molecule has 1 aliphatic carbocycles. The van der Waals surface area contributed by atoms with Crippen LogP contribution in [0.4, 0.5) is 4.39 Å². The third-order valence-corrected chi connectivity index (χ3v) is 11.2. The normalized spacial score (nSPS) is 23.7. The van der Waals surface area contributed by atoms with Gasteiger partial charge in [-0.3, -0.25) is 4.90 Å². The molecule has 2 aromatic carbocycles. The molecular weight excluding hydrogens is 537 g/mol. The lowest BCUT2D eigenvalue weighted by molar-refractivity contribution is 0.0276. The molecule has 3 fully saturated rings. The third kappa shape index (κ3) is 6.98. The molecule has 6 nitrogen and oxygen atoms in total. The fourth-order valence-corrected chi connectivity index (χ4v) is 8.68. The summed E-state index contributed by atoms with van der Waals surface area (Å²) in [5.41, 5.74) is 2.22. The first-order valence-corrected chi connectivity index (χ1v) is 16.8. The Hall–Kier alpha value is -2.42. The molecule has 2 heterocycles. The first-order valence-electron chi connectivity index (χ1n) is 15.4. The fraction of sp³-hybridized carbons (Fsp3) is 0.576. The number of aryl methyl sites for hydroxylation is 2. The number of hydrogen-bond donors (Lipinski definition) is 0. The lowest BCUT2D eigenvalue weighted by Crippen LogP contribution is -2.51. The van der Waals surface area contributed by atoms with Crippen LogP contribution in [0.25, 0.3) is 0 Å². The van der Waals surface area contributed by atoms with Gasteiger partial charge >= 0.3 is 0 Å². The highest BCUT2D eigenvalue weighted by molar-refractivity contribution is 7.89. The number of hydrogen-bond acceptors (Lipinski definition) is 5. The summed E-state index contributed by atoms with van der Waals surface area (Å²) in [6, 6.07) is 11.7. The molecule has 3 aliphatic rings. The van der Waals surface area contributed by atoms with Crippen molar-refractivity contribution in [3.63, 3.8) is 0 Å². The summed E-state index contributed by atoms with van der Waals surface area (Å²) in [6.07, 6.45) is 9.98. The van der Waals surface area contributed by atoms with E-state index in [0.717, 1.165) is 43.7 Å². The van der Waals surface area contributed by atoms with E-state index in [2.05, 4.69) is 16.4 Å². The van der Waals surface area contributed by atoms with Gasteiger partial charge < -0.3 is 9.64 Å². The van der Waals surface area contributed by atoms with Crippen molar-refractivity contribution in [2.45, 2.75) is 94.7 Å².